The molecule has 0 bridgehead atoms. The molecule has 0 saturated heterocycles. The average molecular weight is 423 g/mol. The van der Waals surface area contributed by atoms with E-state index in [1.807, 2.05) is 43.3 Å². The average Bonchev–Trinajstić information content (AvgIpc) is 2.74. The molecule has 0 atom stereocenters. The van der Waals surface area contributed by atoms with Crippen molar-refractivity contribution < 1.29 is 14.3 Å². The maximum Gasteiger partial charge on any atom is 0.235 e. The monoisotopic (exact) mass is 422 g/mol. The first kappa shape index (κ1) is 21.3. The zero-order valence-corrected chi connectivity index (χ0v) is 17.3. The number of rotatable bonds is 9. The summed E-state index contributed by atoms with van der Waals surface area (Å²) in [6.07, 6.45) is 4.96. The number of aryl methyl sites for hydroxylation is 1. The standard InChI is InChI=1S/C22H22N4O3S/c1-16-4-2-5-18(12-16)25-20(27)14-30-15-21(28)26-22-19(6-3-9-24-22)29-13-17-7-10-23-11-8-17/h2-12H,13-15H2,1H3,(H,25,27)(H,24,26,28). The lowest BCUT2D eigenvalue weighted by atomic mass is 10.2. The predicted molar refractivity (Wildman–Crippen MR) is 119 cm³/mol. The van der Waals surface area contributed by atoms with Gasteiger partial charge in [-0.1, -0.05) is 12.1 Å². The van der Waals surface area contributed by atoms with Crippen LogP contribution in [0.5, 0.6) is 5.75 Å². The molecular weight excluding hydrogens is 400 g/mol. The van der Waals surface area contributed by atoms with Crippen molar-refractivity contribution in [2.45, 2.75) is 13.5 Å². The van der Waals surface area contributed by atoms with Crippen molar-refractivity contribution in [2.75, 3.05) is 22.1 Å². The van der Waals surface area contributed by atoms with E-state index in [4.69, 9.17) is 4.74 Å². The van der Waals surface area contributed by atoms with E-state index in [2.05, 4.69) is 20.6 Å². The Morgan fingerprint density at radius 3 is 2.50 bits per heavy atom. The first-order valence-electron chi connectivity index (χ1n) is 9.31. The van der Waals surface area contributed by atoms with Crippen molar-refractivity contribution in [3.05, 3.63) is 78.2 Å². The van der Waals surface area contributed by atoms with Crippen LogP contribution in [0.25, 0.3) is 0 Å². The van der Waals surface area contributed by atoms with Crippen molar-refractivity contribution in [3.63, 3.8) is 0 Å². The second kappa shape index (κ2) is 11.0. The van der Waals surface area contributed by atoms with Crippen molar-refractivity contribution in [3.8, 4) is 5.75 Å². The highest BCUT2D eigenvalue weighted by Gasteiger charge is 2.11. The number of thioether (sulfide) groups is 1. The molecule has 2 aromatic heterocycles. The largest absolute Gasteiger partial charge is 0.485 e. The molecule has 0 spiro atoms. The van der Waals surface area contributed by atoms with E-state index in [1.54, 1.807) is 30.7 Å². The number of amides is 2. The summed E-state index contributed by atoms with van der Waals surface area (Å²) in [5.41, 5.74) is 2.77. The molecule has 0 fully saturated rings. The molecule has 0 unspecified atom stereocenters. The summed E-state index contributed by atoms with van der Waals surface area (Å²) in [7, 11) is 0. The minimum absolute atomic E-state index is 0.127. The molecular formula is C22H22N4O3S. The molecule has 0 saturated carbocycles. The summed E-state index contributed by atoms with van der Waals surface area (Å²) in [6.45, 7) is 2.30. The fourth-order valence-corrected chi connectivity index (χ4v) is 3.18. The fraction of sp³-hybridized carbons (Fsp3) is 0.182. The smallest absolute Gasteiger partial charge is 0.235 e. The van der Waals surface area contributed by atoms with Gasteiger partial charge < -0.3 is 15.4 Å². The quantitative estimate of drug-likeness (QED) is 0.546. The van der Waals surface area contributed by atoms with Gasteiger partial charge in [0, 0.05) is 24.3 Å². The Balaban J connectivity index is 1.45. The summed E-state index contributed by atoms with van der Waals surface area (Å²) in [5.74, 6) is 0.719. The summed E-state index contributed by atoms with van der Waals surface area (Å²) in [6, 6.07) is 14.8. The molecule has 0 radical (unpaired) electrons. The Hall–Kier alpha value is -3.39. The van der Waals surface area contributed by atoms with Crippen LogP contribution in [-0.2, 0) is 16.2 Å². The first-order valence-corrected chi connectivity index (χ1v) is 10.5. The molecule has 1 aromatic carbocycles. The number of ether oxygens (including phenoxy) is 1. The molecule has 2 amide bonds. The van der Waals surface area contributed by atoms with Crippen LogP contribution < -0.4 is 15.4 Å². The van der Waals surface area contributed by atoms with Gasteiger partial charge in [0.25, 0.3) is 0 Å². The van der Waals surface area contributed by atoms with Crippen molar-refractivity contribution >= 4 is 35.1 Å². The molecule has 3 aromatic rings. The van der Waals surface area contributed by atoms with Crippen LogP contribution in [0, 0.1) is 6.92 Å². The van der Waals surface area contributed by atoms with Crippen LogP contribution >= 0.6 is 11.8 Å². The second-order valence-corrected chi connectivity index (χ2v) is 7.44. The van der Waals surface area contributed by atoms with Crippen molar-refractivity contribution in [1.29, 1.82) is 0 Å². The maximum absolute atomic E-state index is 12.3. The van der Waals surface area contributed by atoms with E-state index in [-0.39, 0.29) is 23.3 Å². The Kier molecular flexibility index (Phi) is 7.79. The molecule has 2 N–H and O–H groups in total. The van der Waals surface area contributed by atoms with E-state index in [0.29, 0.717) is 18.2 Å². The lowest BCUT2D eigenvalue weighted by Crippen LogP contribution is -2.19. The lowest BCUT2D eigenvalue weighted by Gasteiger charge is -2.11. The fourth-order valence-electron chi connectivity index (χ4n) is 2.57. The number of hydrogen-bond acceptors (Lipinski definition) is 6. The Bertz CT molecular complexity index is 998. The van der Waals surface area contributed by atoms with E-state index in [1.165, 1.54) is 11.8 Å². The Labute approximate surface area is 179 Å². The summed E-state index contributed by atoms with van der Waals surface area (Å²) >= 11 is 1.23. The van der Waals surface area contributed by atoms with E-state index < -0.39 is 0 Å². The highest BCUT2D eigenvalue weighted by atomic mass is 32.2. The van der Waals surface area contributed by atoms with E-state index in [9.17, 15) is 9.59 Å². The highest BCUT2D eigenvalue weighted by Crippen LogP contribution is 2.22. The number of carbonyl (C=O) groups excluding carboxylic acids is 2. The molecule has 154 valence electrons. The number of nitrogens with zero attached hydrogens (tertiary/aromatic N) is 2. The van der Waals surface area contributed by atoms with Gasteiger partial charge in [0.1, 0.15) is 6.61 Å². The molecule has 0 aliphatic carbocycles. The van der Waals surface area contributed by atoms with Gasteiger partial charge >= 0.3 is 0 Å². The number of anilines is 2. The van der Waals surface area contributed by atoms with Crippen molar-refractivity contribution in [2.24, 2.45) is 0 Å². The number of aromatic nitrogens is 2. The van der Waals surface area contributed by atoms with Crippen LogP contribution in [0.2, 0.25) is 0 Å². The topological polar surface area (TPSA) is 93.2 Å². The van der Waals surface area contributed by atoms with Crippen LogP contribution in [0.4, 0.5) is 11.5 Å². The van der Waals surface area contributed by atoms with Crippen LogP contribution in [0.3, 0.4) is 0 Å². The number of carbonyl (C=O) groups is 2. The molecule has 8 heteroatoms. The van der Waals surface area contributed by atoms with Gasteiger partial charge in [0.15, 0.2) is 11.6 Å². The molecule has 0 aliphatic rings. The van der Waals surface area contributed by atoms with Gasteiger partial charge in [-0.15, -0.1) is 11.8 Å². The molecule has 0 aliphatic heterocycles. The SMILES string of the molecule is Cc1cccc(NC(=O)CSCC(=O)Nc2ncccc2OCc2ccncc2)c1. The van der Waals surface area contributed by atoms with Gasteiger partial charge in [-0.2, -0.15) is 0 Å². The number of nitrogens with one attached hydrogen (secondary N) is 2. The minimum atomic E-state index is -0.254. The summed E-state index contributed by atoms with van der Waals surface area (Å²) in [4.78, 5) is 32.4. The Morgan fingerprint density at radius 2 is 1.73 bits per heavy atom. The van der Waals surface area contributed by atoms with Crippen LogP contribution in [-0.4, -0.2) is 33.3 Å². The first-order chi connectivity index (χ1) is 14.6. The highest BCUT2D eigenvalue weighted by molar-refractivity contribution is 8.00. The zero-order chi connectivity index (χ0) is 21.2. The lowest BCUT2D eigenvalue weighted by molar-refractivity contribution is -0.114. The number of pyridine rings is 2. The molecule has 3 rings (SSSR count). The maximum atomic E-state index is 12.3. The van der Waals surface area contributed by atoms with Gasteiger partial charge in [-0.25, -0.2) is 4.98 Å². The second-order valence-electron chi connectivity index (χ2n) is 6.45. The number of hydrogen-bond donors (Lipinski definition) is 2. The number of benzene rings is 1. The van der Waals surface area contributed by atoms with Crippen LogP contribution in [0.15, 0.2) is 67.1 Å². The molecule has 7 nitrogen and oxygen atoms in total. The third kappa shape index (κ3) is 6.89. The normalized spacial score (nSPS) is 10.3. The molecule has 30 heavy (non-hydrogen) atoms. The third-order valence-corrected chi connectivity index (χ3v) is 4.87. The minimum Gasteiger partial charge on any atom is -0.485 e. The zero-order valence-electron chi connectivity index (χ0n) is 16.5. The van der Waals surface area contributed by atoms with E-state index >= 15 is 0 Å². The molecule has 2 heterocycles. The summed E-state index contributed by atoms with van der Waals surface area (Å²) < 4.78 is 5.77. The summed E-state index contributed by atoms with van der Waals surface area (Å²) in [5, 5.41) is 5.56. The van der Waals surface area contributed by atoms with Gasteiger partial charge in [-0.05, 0) is 54.4 Å². The van der Waals surface area contributed by atoms with Gasteiger partial charge in [0.2, 0.25) is 11.8 Å². The predicted octanol–water partition coefficient (Wildman–Crippen LogP) is 3.67. The van der Waals surface area contributed by atoms with E-state index in [0.717, 1.165) is 16.8 Å². The van der Waals surface area contributed by atoms with Crippen molar-refractivity contribution in [1.82, 2.24) is 9.97 Å². The van der Waals surface area contributed by atoms with Crippen LogP contribution in [0.1, 0.15) is 11.1 Å². The Morgan fingerprint density at radius 1 is 0.967 bits per heavy atom. The van der Waals surface area contributed by atoms with Gasteiger partial charge in [-0.3, -0.25) is 14.6 Å². The van der Waals surface area contributed by atoms with Gasteiger partial charge in [0.05, 0.1) is 11.5 Å². The third-order valence-electron chi connectivity index (χ3n) is 3.94.